The number of carbonyl (C=O) groups excluding carboxylic acids is 1. The lowest BCUT2D eigenvalue weighted by atomic mass is 9.93. The van der Waals surface area contributed by atoms with Crippen LogP contribution in [0.2, 0.25) is 0 Å². The largest absolute Gasteiger partial charge is 0.394 e. The third kappa shape index (κ3) is 3.04. The molecular formula is C13H17F2NO2. The number of hydrogen-bond donors (Lipinski definition) is 2. The fourth-order valence-electron chi connectivity index (χ4n) is 1.67. The molecule has 1 aromatic rings. The van der Waals surface area contributed by atoms with Crippen LogP contribution in [0.5, 0.6) is 0 Å². The van der Waals surface area contributed by atoms with E-state index < -0.39 is 23.1 Å². The van der Waals surface area contributed by atoms with Gasteiger partial charge in [-0.1, -0.05) is 13.8 Å². The maximum Gasteiger partial charge on any atom is 0.254 e. The summed E-state index contributed by atoms with van der Waals surface area (Å²) in [4.78, 5) is 11.9. The zero-order chi connectivity index (χ0) is 13.8. The Morgan fingerprint density at radius 1 is 1.33 bits per heavy atom. The fourth-order valence-corrected chi connectivity index (χ4v) is 1.67. The summed E-state index contributed by atoms with van der Waals surface area (Å²) in [6.45, 7) is 3.41. The first-order chi connectivity index (χ1) is 8.48. The van der Waals surface area contributed by atoms with Crippen LogP contribution in [0.3, 0.4) is 0 Å². The van der Waals surface area contributed by atoms with Crippen LogP contribution in [-0.4, -0.2) is 23.2 Å². The molecule has 0 radical (unpaired) electrons. The van der Waals surface area contributed by atoms with Gasteiger partial charge in [0.15, 0.2) is 0 Å². The standard InChI is InChI=1S/C13H17F2NO2/c1-3-13(4-2,8-17)16-12(18)10-6-5-9(14)7-11(10)15/h5-7,17H,3-4,8H2,1-2H3,(H,16,18). The van der Waals surface area contributed by atoms with Crippen molar-refractivity contribution < 1.29 is 18.7 Å². The molecule has 1 amide bonds. The molecule has 0 saturated heterocycles. The molecule has 0 atom stereocenters. The summed E-state index contributed by atoms with van der Waals surface area (Å²) in [6.07, 6.45) is 1.04. The molecule has 100 valence electrons. The van der Waals surface area contributed by atoms with Crippen molar-refractivity contribution in [3.63, 3.8) is 0 Å². The molecule has 18 heavy (non-hydrogen) atoms. The quantitative estimate of drug-likeness (QED) is 0.850. The minimum Gasteiger partial charge on any atom is -0.394 e. The van der Waals surface area contributed by atoms with Crippen LogP contribution in [0.1, 0.15) is 37.0 Å². The summed E-state index contributed by atoms with van der Waals surface area (Å²) in [5, 5.41) is 11.9. The highest BCUT2D eigenvalue weighted by Crippen LogP contribution is 2.16. The third-order valence-corrected chi connectivity index (χ3v) is 3.21. The number of amides is 1. The molecule has 0 bridgehead atoms. The Hall–Kier alpha value is -1.49. The maximum atomic E-state index is 13.4. The molecule has 3 nitrogen and oxygen atoms in total. The lowest BCUT2D eigenvalue weighted by Gasteiger charge is -2.30. The molecule has 0 aliphatic carbocycles. The van der Waals surface area contributed by atoms with E-state index >= 15 is 0 Å². The predicted molar refractivity (Wildman–Crippen MR) is 64.2 cm³/mol. The molecular weight excluding hydrogens is 240 g/mol. The summed E-state index contributed by atoms with van der Waals surface area (Å²) in [5.74, 6) is -2.29. The van der Waals surface area contributed by atoms with Crippen molar-refractivity contribution in [3.05, 3.63) is 35.4 Å². The number of aliphatic hydroxyl groups excluding tert-OH is 1. The number of halogens is 2. The number of carbonyl (C=O) groups is 1. The highest BCUT2D eigenvalue weighted by Gasteiger charge is 2.28. The lowest BCUT2D eigenvalue weighted by molar-refractivity contribution is 0.0813. The molecule has 1 aromatic carbocycles. The van der Waals surface area contributed by atoms with Crippen molar-refractivity contribution in [3.8, 4) is 0 Å². The molecule has 5 heteroatoms. The summed E-state index contributed by atoms with van der Waals surface area (Å²) in [6, 6.07) is 2.78. The third-order valence-electron chi connectivity index (χ3n) is 3.21. The molecule has 2 N–H and O–H groups in total. The van der Waals surface area contributed by atoms with E-state index in [2.05, 4.69) is 5.32 Å². The maximum absolute atomic E-state index is 13.4. The van der Waals surface area contributed by atoms with Gasteiger partial charge in [0.05, 0.1) is 17.7 Å². The Morgan fingerprint density at radius 3 is 2.39 bits per heavy atom. The normalized spacial score (nSPS) is 11.4. The summed E-state index contributed by atoms with van der Waals surface area (Å²) in [5.41, 5.74) is -0.992. The van der Waals surface area contributed by atoms with Gasteiger partial charge >= 0.3 is 0 Å². The van der Waals surface area contributed by atoms with Crippen molar-refractivity contribution >= 4 is 5.91 Å². The average Bonchev–Trinajstić information content (AvgIpc) is 2.36. The Kier molecular flexibility index (Phi) is 4.78. The van der Waals surface area contributed by atoms with E-state index in [1.54, 1.807) is 0 Å². The van der Waals surface area contributed by atoms with E-state index in [0.717, 1.165) is 12.1 Å². The second-order valence-electron chi connectivity index (χ2n) is 4.22. The molecule has 0 heterocycles. The topological polar surface area (TPSA) is 49.3 Å². The van der Waals surface area contributed by atoms with Crippen molar-refractivity contribution in [2.75, 3.05) is 6.61 Å². The molecule has 0 fully saturated rings. The molecule has 0 aromatic heterocycles. The summed E-state index contributed by atoms with van der Waals surface area (Å²) >= 11 is 0. The van der Waals surface area contributed by atoms with Crippen LogP contribution in [-0.2, 0) is 0 Å². The summed E-state index contributed by atoms with van der Waals surface area (Å²) in [7, 11) is 0. The molecule has 0 aliphatic rings. The average molecular weight is 257 g/mol. The van der Waals surface area contributed by atoms with Gasteiger partial charge in [0, 0.05) is 6.07 Å². The van der Waals surface area contributed by atoms with Gasteiger partial charge in [-0.25, -0.2) is 8.78 Å². The van der Waals surface area contributed by atoms with Gasteiger partial charge in [0.25, 0.3) is 5.91 Å². The van der Waals surface area contributed by atoms with E-state index in [1.807, 2.05) is 13.8 Å². The van der Waals surface area contributed by atoms with E-state index in [1.165, 1.54) is 0 Å². The Labute approximate surface area is 105 Å². The SMILES string of the molecule is CCC(CC)(CO)NC(=O)c1ccc(F)cc1F. The minimum atomic E-state index is -0.911. The Balaban J connectivity index is 2.94. The Bertz CT molecular complexity index is 423. The van der Waals surface area contributed by atoms with E-state index in [-0.39, 0.29) is 12.2 Å². The van der Waals surface area contributed by atoms with Crippen molar-refractivity contribution in [2.45, 2.75) is 32.2 Å². The number of hydrogen-bond acceptors (Lipinski definition) is 2. The van der Waals surface area contributed by atoms with Gasteiger partial charge in [-0.2, -0.15) is 0 Å². The van der Waals surface area contributed by atoms with Crippen molar-refractivity contribution in [1.82, 2.24) is 5.32 Å². The second kappa shape index (κ2) is 5.91. The smallest absolute Gasteiger partial charge is 0.254 e. The number of benzene rings is 1. The lowest BCUT2D eigenvalue weighted by Crippen LogP contribution is -2.50. The number of nitrogens with one attached hydrogen (secondary N) is 1. The van der Waals surface area contributed by atoms with Crippen LogP contribution in [0.4, 0.5) is 8.78 Å². The zero-order valence-corrected chi connectivity index (χ0v) is 10.5. The molecule has 1 rings (SSSR count). The highest BCUT2D eigenvalue weighted by atomic mass is 19.1. The predicted octanol–water partition coefficient (Wildman–Crippen LogP) is 2.25. The first-order valence-corrected chi connectivity index (χ1v) is 5.86. The van der Waals surface area contributed by atoms with Crippen molar-refractivity contribution in [1.29, 1.82) is 0 Å². The van der Waals surface area contributed by atoms with Crippen LogP contribution < -0.4 is 5.32 Å². The van der Waals surface area contributed by atoms with Crippen LogP contribution in [0.15, 0.2) is 18.2 Å². The van der Waals surface area contributed by atoms with Gasteiger partial charge in [-0.05, 0) is 25.0 Å². The van der Waals surface area contributed by atoms with E-state index in [9.17, 15) is 18.7 Å². The second-order valence-corrected chi connectivity index (χ2v) is 4.22. The van der Waals surface area contributed by atoms with Gasteiger partial charge < -0.3 is 10.4 Å². The van der Waals surface area contributed by atoms with Gasteiger partial charge in [0.1, 0.15) is 11.6 Å². The molecule has 0 saturated carbocycles. The van der Waals surface area contributed by atoms with E-state index in [4.69, 9.17) is 0 Å². The molecule has 0 unspecified atom stereocenters. The molecule has 0 aliphatic heterocycles. The van der Waals surface area contributed by atoms with Crippen LogP contribution in [0.25, 0.3) is 0 Å². The van der Waals surface area contributed by atoms with Crippen LogP contribution >= 0.6 is 0 Å². The van der Waals surface area contributed by atoms with Gasteiger partial charge in [-0.15, -0.1) is 0 Å². The number of rotatable bonds is 5. The minimum absolute atomic E-state index is 0.226. The summed E-state index contributed by atoms with van der Waals surface area (Å²) < 4.78 is 26.2. The van der Waals surface area contributed by atoms with Gasteiger partial charge in [0.2, 0.25) is 0 Å². The van der Waals surface area contributed by atoms with Crippen LogP contribution in [0, 0.1) is 11.6 Å². The van der Waals surface area contributed by atoms with Gasteiger partial charge in [-0.3, -0.25) is 4.79 Å². The first kappa shape index (κ1) is 14.6. The van der Waals surface area contributed by atoms with E-state index in [0.29, 0.717) is 18.9 Å². The molecule has 0 spiro atoms. The number of aliphatic hydroxyl groups is 1. The van der Waals surface area contributed by atoms with Crippen molar-refractivity contribution in [2.24, 2.45) is 0 Å². The Morgan fingerprint density at radius 2 is 1.94 bits per heavy atom. The fraction of sp³-hybridized carbons (Fsp3) is 0.462. The monoisotopic (exact) mass is 257 g/mol. The zero-order valence-electron chi connectivity index (χ0n) is 10.5. The first-order valence-electron chi connectivity index (χ1n) is 5.86. The highest BCUT2D eigenvalue weighted by molar-refractivity contribution is 5.94.